The van der Waals surface area contributed by atoms with Crippen LogP contribution < -0.4 is 21.3 Å². The Morgan fingerprint density at radius 3 is 2.41 bits per heavy atom. The summed E-state index contributed by atoms with van der Waals surface area (Å²) in [5.41, 5.74) is 6.15. The minimum Gasteiger partial charge on any atom is -0.354 e. The van der Waals surface area contributed by atoms with E-state index in [1.165, 1.54) is 34.8 Å². The Balaban J connectivity index is 1.36. The van der Waals surface area contributed by atoms with Crippen molar-refractivity contribution in [1.82, 2.24) is 19.6 Å². The number of nitrogens with zero attached hydrogens (tertiary/aromatic N) is 4. The Bertz CT molecular complexity index is 1470. The van der Waals surface area contributed by atoms with E-state index in [0.29, 0.717) is 24.3 Å². The lowest BCUT2D eigenvalue weighted by Gasteiger charge is -2.35. The molecule has 0 saturated carbocycles. The SMILES string of the molecule is NCCCNCc1cncc(C(=O)Nc2ccc(S(=O)(=O)N3CCN(c4cc(C(F)(F)F)cc(Cl)n4)CC3)cc2)c1. The van der Waals surface area contributed by atoms with Crippen molar-refractivity contribution in [3.05, 3.63) is 76.7 Å². The normalized spacial score (nSPS) is 14.7. The summed E-state index contributed by atoms with van der Waals surface area (Å²) in [6.45, 7) is 2.23. The van der Waals surface area contributed by atoms with Crippen molar-refractivity contribution < 1.29 is 26.4 Å². The number of rotatable bonds is 10. The first-order valence-electron chi connectivity index (χ1n) is 12.7. The molecule has 0 aliphatic carbocycles. The van der Waals surface area contributed by atoms with E-state index in [9.17, 15) is 26.4 Å². The molecular weight excluding hydrogens is 583 g/mol. The van der Waals surface area contributed by atoms with Crippen LogP contribution in [0.4, 0.5) is 24.7 Å². The Morgan fingerprint density at radius 2 is 1.76 bits per heavy atom. The number of anilines is 2. The molecule has 4 rings (SSSR count). The first-order chi connectivity index (χ1) is 19.5. The number of hydrogen-bond acceptors (Lipinski definition) is 8. The number of alkyl halides is 3. The summed E-state index contributed by atoms with van der Waals surface area (Å²) >= 11 is 5.79. The summed E-state index contributed by atoms with van der Waals surface area (Å²) in [6.07, 6.45) is -0.639. The molecule has 220 valence electrons. The highest BCUT2D eigenvalue weighted by molar-refractivity contribution is 7.89. The van der Waals surface area contributed by atoms with Crippen LogP contribution in [-0.2, 0) is 22.7 Å². The van der Waals surface area contributed by atoms with Gasteiger partial charge in [0.1, 0.15) is 11.0 Å². The van der Waals surface area contributed by atoms with Crippen molar-refractivity contribution in [2.24, 2.45) is 5.73 Å². The summed E-state index contributed by atoms with van der Waals surface area (Å²) in [5.74, 6) is -0.359. The fourth-order valence-corrected chi connectivity index (χ4v) is 5.82. The third-order valence-electron chi connectivity index (χ3n) is 6.36. The van der Waals surface area contributed by atoms with Crippen LogP contribution in [0.15, 0.2) is 59.8 Å². The smallest absolute Gasteiger partial charge is 0.354 e. The van der Waals surface area contributed by atoms with Gasteiger partial charge >= 0.3 is 6.18 Å². The quantitative estimate of drug-likeness (QED) is 0.235. The maximum Gasteiger partial charge on any atom is 0.416 e. The van der Waals surface area contributed by atoms with Gasteiger partial charge in [0.05, 0.1) is 16.0 Å². The molecule has 1 aliphatic rings. The van der Waals surface area contributed by atoms with Crippen molar-refractivity contribution in [3.8, 4) is 0 Å². The Kier molecular flexibility index (Phi) is 9.81. The maximum absolute atomic E-state index is 13.2. The fourth-order valence-electron chi connectivity index (χ4n) is 4.20. The van der Waals surface area contributed by atoms with Crippen LogP contribution >= 0.6 is 11.6 Å². The predicted molar refractivity (Wildman–Crippen MR) is 149 cm³/mol. The van der Waals surface area contributed by atoms with Crippen molar-refractivity contribution in [2.45, 2.75) is 24.0 Å². The molecule has 1 saturated heterocycles. The van der Waals surface area contributed by atoms with Crippen LogP contribution in [0, 0.1) is 0 Å². The van der Waals surface area contributed by atoms with Crippen LogP contribution in [-0.4, -0.2) is 67.9 Å². The Morgan fingerprint density at radius 1 is 1.05 bits per heavy atom. The van der Waals surface area contributed by atoms with Gasteiger partial charge < -0.3 is 21.3 Å². The van der Waals surface area contributed by atoms with Crippen LogP contribution in [0.5, 0.6) is 0 Å². The highest BCUT2D eigenvalue weighted by Crippen LogP contribution is 2.33. The zero-order valence-electron chi connectivity index (χ0n) is 21.9. The molecule has 10 nitrogen and oxygen atoms in total. The molecule has 1 amide bonds. The number of nitrogens with two attached hydrogens (primary N) is 1. The molecule has 3 heterocycles. The van der Waals surface area contributed by atoms with Gasteiger partial charge in [0.2, 0.25) is 10.0 Å². The van der Waals surface area contributed by atoms with E-state index < -0.39 is 27.7 Å². The number of halogens is 4. The van der Waals surface area contributed by atoms with Gasteiger partial charge in [-0.05, 0) is 67.5 Å². The van der Waals surface area contributed by atoms with Crippen molar-refractivity contribution in [2.75, 3.05) is 49.5 Å². The number of pyridine rings is 2. The number of sulfonamides is 1. The highest BCUT2D eigenvalue weighted by atomic mass is 35.5. The van der Waals surface area contributed by atoms with E-state index in [2.05, 4.69) is 20.6 Å². The van der Waals surface area contributed by atoms with Crippen LogP contribution in [0.3, 0.4) is 0 Å². The number of nitrogens with one attached hydrogen (secondary N) is 2. The molecule has 0 radical (unpaired) electrons. The zero-order valence-corrected chi connectivity index (χ0v) is 23.4. The average molecular weight is 612 g/mol. The van der Waals surface area contributed by atoms with E-state index >= 15 is 0 Å². The van der Waals surface area contributed by atoms with Gasteiger partial charge in [-0.25, -0.2) is 13.4 Å². The van der Waals surface area contributed by atoms with Crippen LogP contribution in [0.1, 0.15) is 27.9 Å². The molecule has 1 aromatic carbocycles. The number of hydrogen-bond donors (Lipinski definition) is 3. The second-order valence-electron chi connectivity index (χ2n) is 9.31. The van der Waals surface area contributed by atoms with Crippen LogP contribution in [0.25, 0.3) is 0 Å². The second kappa shape index (κ2) is 13.1. The molecule has 1 aliphatic heterocycles. The van der Waals surface area contributed by atoms with Crippen molar-refractivity contribution in [3.63, 3.8) is 0 Å². The lowest BCUT2D eigenvalue weighted by Crippen LogP contribution is -2.49. The number of amides is 1. The summed E-state index contributed by atoms with van der Waals surface area (Å²) in [4.78, 5) is 22.4. The summed E-state index contributed by atoms with van der Waals surface area (Å²) in [7, 11) is -3.88. The number of aromatic nitrogens is 2. The van der Waals surface area contributed by atoms with E-state index in [4.69, 9.17) is 17.3 Å². The fraction of sp³-hybridized carbons (Fsp3) is 0.346. The van der Waals surface area contributed by atoms with Gasteiger partial charge in [-0.15, -0.1) is 0 Å². The standard InChI is InChI=1S/C26H29ClF3N7O3S/c27-23-13-20(26(28,29)30)14-24(35-23)36-8-10-37(11-9-36)41(39,40)22-4-2-21(3-5-22)34-25(38)19-12-18(16-33-17-19)15-32-7-1-6-31/h2-5,12-14,16-17,32H,1,6-11,15,31H2,(H,34,38). The van der Waals surface area contributed by atoms with Gasteiger partial charge in [0.25, 0.3) is 5.91 Å². The topological polar surface area (TPSA) is 134 Å². The van der Waals surface area contributed by atoms with Gasteiger partial charge in [0, 0.05) is 50.8 Å². The van der Waals surface area contributed by atoms with Gasteiger partial charge in [-0.2, -0.15) is 17.5 Å². The number of piperazine rings is 1. The summed E-state index contributed by atoms with van der Waals surface area (Å²) in [5, 5.41) is 5.66. The molecule has 0 atom stereocenters. The largest absolute Gasteiger partial charge is 0.416 e. The molecule has 4 N–H and O–H groups in total. The summed E-state index contributed by atoms with van der Waals surface area (Å²) < 4.78 is 67.1. The van der Waals surface area contributed by atoms with Crippen molar-refractivity contribution >= 4 is 39.0 Å². The first-order valence-corrected chi connectivity index (χ1v) is 14.5. The molecule has 2 aromatic heterocycles. The van der Waals surface area contributed by atoms with E-state index in [1.807, 2.05) is 0 Å². The second-order valence-corrected chi connectivity index (χ2v) is 11.6. The molecule has 0 unspecified atom stereocenters. The Labute approximate surface area is 240 Å². The van der Waals surface area contributed by atoms with Gasteiger partial charge in [-0.1, -0.05) is 11.6 Å². The molecule has 15 heteroatoms. The third kappa shape index (κ3) is 7.92. The van der Waals surface area contributed by atoms with Crippen LogP contribution in [0.2, 0.25) is 5.15 Å². The molecule has 0 bridgehead atoms. The minimum atomic E-state index is -4.58. The predicted octanol–water partition coefficient (Wildman–Crippen LogP) is 3.35. The number of benzene rings is 1. The number of carbonyl (C=O) groups is 1. The molecule has 0 spiro atoms. The lowest BCUT2D eigenvalue weighted by molar-refractivity contribution is -0.137. The number of carbonyl (C=O) groups excluding carboxylic acids is 1. The molecular formula is C26H29ClF3N7O3S. The molecule has 41 heavy (non-hydrogen) atoms. The zero-order chi connectivity index (χ0) is 29.6. The van der Waals surface area contributed by atoms with Gasteiger partial charge in [-0.3, -0.25) is 9.78 Å². The molecule has 3 aromatic rings. The monoisotopic (exact) mass is 611 g/mol. The van der Waals surface area contributed by atoms with E-state index in [-0.39, 0.29) is 42.0 Å². The van der Waals surface area contributed by atoms with E-state index in [0.717, 1.165) is 30.7 Å². The molecule has 1 fully saturated rings. The first kappa shape index (κ1) is 30.7. The summed E-state index contributed by atoms with van der Waals surface area (Å²) in [6, 6.07) is 9.12. The van der Waals surface area contributed by atoms with Crippen molar-refractivity contribution in [1.29, 1.82) is 0 Å². The maximum atomic E-state index is 13.2. The van der Waals surface area contributed by atoms with E-state index in [1.54, 1.807) is 17.2 Å². The minimum absolute atomic E-state index is 0.0244. The lowest BCUT2D eigenvalue weighted by atomic mass is 10.2. The highest BCUT2D eigenvalue weighted by Gasteiger charge is 2.33. The van der Waals surface area contributed by atoms with Gasteiger partial charge in [0.15, 0.2) is 0 Å². The average Bonchev–Trinajstić information content (AvgIpc) is 2.95. The Hall–Kier alpha value is -3.30. The third-order valence-corrected chi connectivity index (χ3v) is 8.47.